The maximum atomic E-state index is 11.7. The number of pyridine rings is 1. The molecule has 0 saturated carbocycles. The van der Waals surface area contributed by atoms with Gasteiger partial charge in [-0.3, -0.25) is 9.78 Å². The minimum atomic E-state index is -0.828. The number of hydrogen-bond acceptors (Lipinski definition) is 9. The van der Waals surface area contributed by atoms with Crippen LogP contribution in [0.2, 0.25) is 0 Å². The first-order valence-electron chi connectivity index (χ1n) is 12.1. The summed E-state index contributed by atoms with van der Waals surface area (Å²) < 4.78 is 11.6. The van der Waals surface area contributed by atoms with Gasteiger partial charge in [-0.1, -0.05) is 30.8 Å². The third-order valence-electron chi connectivity index (χ3n) is 6.40. The van der Waals surface area contributed by atoms with Gasteiger partial charge in [-0.2, -0.15) is 0 Å². The molecule has 0 spiro atoms. The van der Waals surface area contributed by atoms with E-state index in [1.54, 1.807) is 31.6 Å². The van der Waals surface area contributed by atoms with Crippen LogP contribution in [0.5, 0.6) is 5.75 Å². The number of carbonyl (C=O) groups excluding carboxylic acids is 1. The predicted molar refractivity (Wildman–Crippen MR) is 145 cm³/mol. The number of para-hydroxylation sites is 1. The highest BCUT2D eigenvalue weighted by atomic mass is 16.5. The zero-order chi connectivity index (χ0) is 26.5. The Labute approximate surface area is 219 Å². The fourth-order valence-corrected chi connectivity index (χ4v) is 4.41. The van der Waals surface area contributed by atoms with Gasteiger partial charge in [-0.25, -0.2) is 9.97 Å². The summed E-state index contributed by atoms with van der Waals surface area (Å²) in [6, 6.07) is 14.9. The summed E-state index contributed by atoms with van der Waals surface area (Å²) >= 11 is 0. The van der Waals surface area contributed by atoms with Crippen LogP contribution in [0.15, 0.2) is 73.6 Å². The highest BCUT2D eigenvalue weighted by molar-refractivity contribution is 5.99. The molecule has 1 saturated heterocycles. The van der Waals surface area contributed by atoms with Gasteiger partial charge in [-0.15, -0.1) is 0 Å². The molecule has 38 heavy (non-hydrogen) atoms. The molecule has 1 amide bonds. The molecule has 1 atom stereocenters. The van der Waals surface area contributed by atoms with Crippen molar-refractivity contribution in [2.24, 2.45) is 0 Å². The second-order valence-electron chi connectivity index (χ2n) is 8.78. The average molecular weight is 513 g/mol. The largest absolute Gasteiger partial charge is 0.495 e. The molecule has 10 heteroatoms. The Balaban J connectivity index is 1.48. The van der Waals surface area contributed by atoms with Crippen LogP contribution < -0.4 is 20.7 Å². The van der Waals surface area contributed by atoms with Gasteiger partial charge in [0.1, 0.15) is 11.4 Å². The maximum absolute atomic E-state index is 11.7. The number of carbonyl (C=O) groups is 1. The predicted octanol–water partition coefficient (Wildman–Crippen LogP) is 3.38. The molecule has 5 rings (SSSR count). The fraction of sp³-hybridized carbons (Fsp3) is 0.214. The van der Waals surface area contributed by atoms with E-state index in [2.05, 4.69) is 32.5 Å². The number of amides is 1. The number of anilines is 3. The van der Waals surface area contributed by atoms with E-state index in [1.165, 1.54) is 6.08 Å². The fourth-order valence-electron chi connectivity index (χ4n) is 4.41. The molecule has 3 heterocycles. The summed E-state index contributed by atoms with van der Waals surface area (Å²) in [5.74, 6) is 0.637. The molecule has 1 aliphatic rings. The quantitative estimate of drug-likeness (QED) is 0.263. The number of benzene rings is 2. The third-order valence-corrected chi connectivity index (χ3v) is 6.40. The van der Waals surface area contributed by atoms with Gasteiger partial charge in [0.05, 0.1) is 37.2 Å². The highest BCUT2D eigenvalue weighted by Crippen LogP contribution is 2.35. The minimum absolute atomic E-state index is 0.154. The standard InChI is InChI=1S/C28H28N6O4/c1-3-25(36)32-20-9-10-30-23(14-20)21-6-4-5-18-15-31-27(34-26(18)21)33-22-8-7-19(13-24(22)37-2)28(17-35)16-29-11-12-38-28/h3-10,13-15,29,35H,1,11-12,16-17H2,2H3,(H,30,32,36)(H,31,33,34)/t28-/m0/s1. The zero-order valence-corrected chi connectivity index (χ0v) is 20.9. The Bertz CT molecular complexity index is 1490. The second-order valence-corrected chi connectivity index (χ2v) is 8.78. The monoisotopic (exact) mass is 512 g/mol. The third kappa shape index (κ3) is 5.05. The van der Waals surface area contributed by atoms with Crippen LogP contribution in [-0.2, 0) is 15.1 Å². The van der Waals surface area contributed by atoms with Gasteiger partial charge in [0.2, 0.25) is 11.9 Å². The molecule has 1 aliphatic heterocycles. The molecule has 0 bridgehead atoms. The van der Waals surface area contributed by atoms with Crippen molar-refractivity contribution in [2.75, 3.05) is 44.0 Å². The van der Waals surface area contributed by atoms with Crippen molar-refractivity contribution in [3.8, 4) is 17.0 Å². The van der Waals surface area contributed by atoms with Crippen molar-refractivity contribution in [1.82, 2.24) is 20.3 Å². The van der Waals surface area contributed by atoms with Gasteiger partial charge >= 0.3 is 0 Å². The van der Waals surface area contributed by atoms with Crippen LogP contribution in [0.25, 0.3) is 22.2 Å². The Hall–Kier alpha value is -4.38. The number of morpholine rings is 1. The zero-order valence-electron chi connectivity index (χ0n) is 20.9. The molecule has 0 radical (unpaired) electrons. The second kappa shape index (κ2) is 10.9. The molecule has 0 unspecified atom stereocenters. The average Bonchev–Trinajstić information content (AvgIpc) is 2.97. The molecule has 1 fully saturated rings. The minimum Gasteiger partial charge on any atom is -0.495 e. The van der Waals surface area contributed by atoms with Crippen molar-refractivity contribution in [3.63, 3.8) is 0 Å². The van der Waals surface area contributed by atoms with Gasteiger partial charge in [-0.05, 0) is 35.9 Å². The smallest absolute Gasteiger partial charge is 0.247 e. The number of aromatic nitrogens is 3. The number of nitrogens with zero attached hydrogens (tertiary/aromatic N) is 3. The molecular weight excluding hydrogens is 484 g/mol. The van der Waals surface area contributed by atoms with Crippen LogP contribution in [0.3, 0.4) is 0 Å². The van der Waals surface area contributed by atoms with Crippen molar-refractivity contribution < 1.29 is 19.4 Å². The summed E-state index contributed by atoms with van der Waals surface area (Å²) in [4.78, 5) is 25.5. The molecule has 4 N–H and O–H groups in total. The van der Waals surface area contributed by atoms with E-state index in [9.17, 15) is 9.90 Å². The molecule has 0 aliphatic carbocycles. The summed E-state index contributed by atoms with van der Waals surface area (Å²) in [5.41, 5.74) is 3.39. The molecule has 2 aromatic carbocycles. The number of hydrogen-bond donors (Lipinski definition) is 4. The lowest BCUT2D eigenvalue weighted by molar-refractivity contribution is -0.111. The summed E-state index contributed by atoms with van der Waals surface area (Å²) in [5, 5.41) is 20.2. The molecule has 194 valence electrons. The summed E-state index contributed by atoms with van der Waals surface area (Å²) in [6.07, 6.45) is 4.58. The molecular formula is C28H28N6O4. The summed E-state index contributed by atoms with van der Waals surface area (Å²) in [7, 11) is 1.58. The Morgan fingerprint density at radius 3 is 2.92 bits per heavy atom. The number of aliphatic hydroxyl groups excluding tert-OH is 1. The molecule has 10 nitrogen and oxygen atoms in total. The number of nitrogens with one attached hydrogen (secondary N) is 3. The van der Waals surface area contributed by atoms with E-state index in [4.69, 9.17) is 14.5 Å². The van der Waals surface area contributed by atoms with Gasteiger partial charge < -0.3 is 30.5 Å². The Morgan fingerprint density at radius 2 is 2.16 bits per heavy atom. The number of fused-ring (bicyclic) bond motifs is 1. The van der Waals surface area contributed by atoms with Crippen LogP contribution in [0.4, 0.5) is 17.3 Å². The van der Waals surface area contributed by atoms with E-state index in [1.807, 2.05) is 36.4 Å². The lowest BCUT2D eigenvalue weighted by Gasteiger charge is -2.36. The highest BCUT2D eigenvalue weighted by Gasteiger charge is 2.35. The number of ether oxygens (including phenoxy) is 2. The number of aliphatic hydroxyl groups is 1. The number of methoxy groups -OCH3 is 1. The van der Waals surface area contributed by atoms with E-state index < -0.39 is 5.60 Å². The van der Waals surface area contributed by atoms with Crippen LogP contribution in [0, 0.1) is 0 Å². The van der Waals surface area contributed by atoms with Crippen molar-refractivity contribution in [1.29, 1.82) is 0 Å². The van der Waals surface area contributed by atoms with Gasteiger partial charge in [0.25, 0.3) is 0 Å². The topological polar surface area (TPSA) is 131 Å². The number of rotatable bonds is 8. The van der Waals surface area contributed by atoms with Gasteiger partial charge in [0, 0.05) is 42.1 Å². The lowest BCUT2D eigenvalue weighted by atomic mass is 9.92. The first kappa shape index (κ1) is 25.3. The van der Waals surface area contributed by atoms with Crippen molar-refractivity contribution in [3.05, 3.63) is 79.1 Å². The Morgan fingerprint density at radius 1 is 1.26 bits per heavy atom. The molecule has 4 aromatic rings. The van der Waals surface area contributed by atoms with Gasteiger partial charge in [0.15, 0.2) is 0 Å². The normalized spacial score (nSPS) is 17.1. The maximum Gasteiger partial charge on any atom is 0.247 e. The first-order chi connectivity index (χ1) is 18.5. The molecule has 2 aromatic heterocycles. The van der Waals surface area contributed by atoms with Crippen LogP contribution >= 0.6 is 0 Å². The van der Waals surface area contributed by atoms with E-state index in [-0.39, 0.29) is 12.5 Å². The first-order valence-corrected chi connectivity index (χ1v) is 12.1. The van der Waals surface area contributed by atoms with Crippen LogP contribution in [0.1, 0.15) is 5.56 Å². The Kier molecular flexibility index (Phi) is 7.27. The summed E-state index contributed by atoms with van der Waals surface area (Å²) in [6.45, 7) is 5.09. The van der Waals surface area contributed by atoms with Crippen molar-refractivity contribution >= 4 is 34.1 Å². The van der Waals surface area contributed by atoms with Crippen molar-refractivity contribution in [2.45, 2.75) is 5.60 Å². The van der Waals surface area contributed by atoms with E-state index >= 15 is 0 Å². The van der Waals surface area contributed by atoms with Crippen LogP contribution in [-0.4, -0.2) is 59.4 Å². The lowest BCUT2D eigenvalue weighted by Crippen LogP contribution is -2.49. The van der Waals surface area contributed by atoms with E-state index in [0.717, 1.165) is 23.1 Å². The van der Waals surface area contributed by atoms with E-state index in [0.29, 0.717) is 47.4 Å². The SMILES string of the molecule is C=CC(=O)Nc1ccnc(-c2cccc3cnc(Nc4ccc([C@@]5(CO)CNCCO5)cc4OC)nc23)c1.